The van der Waals surface area contributed by atoms with E-state index in [0.29, 0.717) is 30.4 Å². The first-order valence-corrected chi connectivity index (χ1v) is 8.76. The Labute approximate surface area is 158 Å². The minimum atomic E-state index is -0.133. The van der Waals surface area contributed by atoms with Crippen LogP contribution in [0.25, 0.3) is 0 Å². The van der Waals surface area contributed by atoms with Crippen LogP contribution in [0, 0.1) is 0 Å². The maximum Gasteiger partial charge on any atom is 0.272 e. The molecule has 0 saturated heterocycles. The van der Waals surface area contributed by atoms with Gasteiger partial charge in [-0.25, -0.2) is 9.97 Å². The van der Waals surface area contributed by atoms with Crippen molar-refractivity contribution in [2.45, 2.75) is 13.5 Å². The van der Waals surface area contributed by atoms with Crippen molar-refractivity contribution in [1.82, 2.24) is 14.9 Å². The van der Waals surface area contributed by atoms with E-state index in [1.165, 1.54) is 6.33 Å². The van der Waals surface area contributed by atoms with Gasteiger partial charge in [-0.05, 0) is 24.6 Å². The summed E-state index contributed by atoms with van der Waals surface area (Å²) in [4.78, 5) is 23.0. The van der Waals surface area contributed by atoms with Crippen LogP contribution < -0.4 is 10.1 Å². The lowest BCUT2D eigenvalue weighted by molar-refractivity contribution is 0.0746. The molecule has 6 heteroatoms. The molecule has 138 valence electrons. The number of hydrogen-bond acceptors (Lipinski definition) is 5. The van der Waals surface area contributed by atoms with Gasteiger partial charge >= 0.3 is 0 Å². The Bertz CT molecular complexity index is 899. The van der Waals surface area contributed by atoms with Crippen LogP contribution in [0.15, 0.2) is 67.0 Å². The summed E-state index contributed by atoms with van der Waals surface area (Å²) in [5, 5.41) is 3.18. The summed E-state index contributed by atoms with van der Waals surface area (Å²) in [6.07, 6.45) is 1.39. The largest absolute Gasteiger partial charge is 0.495 e. The number of benzene rings is 2. The van der Waals surface area contributed by atoms with Gasteiger partial charge in [0.1, 0.15) is 23.6 Å². The fourth-order valence-electron chi connectivity index (χ4n) is 2.72. The Morgan fingerprint density at radius 3 is 2.56 bits per heavy atom. The number of carbonyl (C=O) groups excluding carboxylic acids is 1. The number of aromatic nitrogens is 2. The van der Waals surface area contributed by atoms with E-state index in [1.807, 2.05) is 61.5 Å². The maximum absolute atomic E-state index is 12.9. The Balaban J connectivity index is 1.78. The first-order chi connectivity index (χ1) is 13.2. The molecule has 0 fully saturated rings. The van der Waals surface area contributed by atoms with Gasteiger partial charge in [-0.1, -0.05) is 42.5 Å². The molecule has 1 heterocycles. The number of para-hydroxylation sites is 2. The standard InChI is InChI=1S/C21H22N4O2/c1-3-25(14-16-9-5-4-6-10-16)21(26)18-13-20(23-15-22-18)24-17-11-7-8-12-19(17)27-2/h4-13,15H,3,14H2,1-2H3,(H,22,23,24). The van der Waals surface area contributed by atoms with Crippen molar-refractivity contribution in [3.63, 3.8) is 0 Å². The Hall–Kier alpha value is -3.41. The third-order valence-electron chi connectivity index (χ3n) is 4.14. The van der Waals surface area contributed by atoms with Gasteiger partial charge in [0, 0.05) is 19.2 Å². The van der Waals surface area contributed by atoms with Gasteiger partial charge in [0.25, 0.3) is 5.91 Å². The highest BCUT2D eigenvalue weighted by atomic mass is 16.5. The van der Waals surface area contributed by atoms with E-state index in [0.717, 1.165) is 11.3 Å². The summed E-state index contributed by atoms with van der Waals surface area (Å²) in [5.41, 5.74) is 2.20. The van der Waals surface area contributed by atoms with E-state index in [2.05, 4.69) is 15.3 Å². The number of rotatable bonds is 7. The van der Waals surface area contributed by atoms with Crippen LogP contribution in [0.3, 0.4) is 0 Å². The van der Waals surface area contributed by atoms with E-state index in [9.17, 15) is 4.79 Å². The fourth-order valence-corrected chi connectivity index (χ4v) is 2.72. The van der Waals surface area contributed by atoms with Crippen LogP contribution in [-0.2, 0) is 6.54 Å². The quantitative estimate of drug-likeness (QED) is 0.691. The van der Waals surface area contributed by atoms with Crippen molar-refractivity contribution in [1.29, 1.82) is 0 Å². The smallest absolute Gasteiger partial charge is 0.272 e. The molecule has 0 radical (unpaired) electrons. The summed E-state index contributed by atoms with van der Waals surface area (Å²) in [7, 11) is 1.61. The molecule has 0 atom stereocenters. The number of nitrogens with zero attached hydrogens (tertiary/aromatic N) is 3. The Morgan fingerprint density at radius 2 is 1.81 bits per heavy atom. The lowest BCUT2D eigenvalue weighted by Crippen LogP contribution is -2.31. The molecule has 27 heavy (non-hydrogen) atoms. The highest BCUT2D eigenvalue weighted by molar-refractivity contribution is 5.93. The van der Waals surface area contributed by atoms with E-state index in [1.54, 1.807) is 18.1 Å². The van der Waals surface area contributed by atoms with Crippen LogP contribution in [0.1, 0.15) is 23.0 Å². The van der Waals surface area contributed by atoms with Crippen molar-refractivity contribution in [2.75, 3.05) is 19.0 Å². The van der Waals surface area contributed by atoms with Gasteiger partial charge in [-0.3, -0.25) is 4.79 Å². The topological polar surface area (TPSA) is 67.4 Å². The molecule has 2 aromatic carbocycles. The fraction of sp³-hybridized carbons (Fsp3) is 0.190. The molecule has 0 aliphatic carbocycles. The van der Waals surface area contributed by atoms with E-state index >= 15 is 0 Å². The molecule has 3 aromatic rings. The average Bonchev–Trinajstić information content (AvgIpc) is 2.73. The Kier molecular flexibility index (Phi) is 5.99. The monoisotopic (exact) mass is 362 g/mol. The maximum atomic E-state index is 12.9. The van der Waals surface area contributed by atoms with Gasteiger partial charge in [0.05, 0.1) is 12.8 Å². The van der Waals surface area contributed by atoms with Crippen LogP contribution in [0.5, 0.6) is 5.75 Å². The number of nitrogens with one attached hydrogen (secondary N) is 1. The molecule has 6 nitrogen and oxygen atoms in total. The number of carbonyl (C=O) groups is 1. The third-order valence-corrected chi connectivity index (χ3v) is 4.14. The Morgan fingerprint density at radius 1 is 1.07 bits per heavy atom. The lowest BCUT2D eigenvalue weighted by Gasteiger charge is -2.20. The number of amides is 1. The molecule has 0 unspecified atom stereocenters. The van der Waals surface area contributed by atoms with Gasteiger partial charge in [0.15, 0.2) is 0 Å². The van der Waals surface area contributed by atoms with Crippen molar-refractivity contribution in [3.8, 4) is 5.75 Å². The summed E-state index contributed by atoms with van der Waals surface area (Å²) in [6, 6.07) is 19.1. The van der Waals surface area contributed by atoms with Crippen LogP contribution in [0.4, 0.5) is 11.5 Å². The summed E-state index contributed by atoms with van der Waals surface area (Å²) in [6.45, 7) is 3.08. The predicted octanol–water partition coefficient (Wildman–Crippen LogP) is 3.89. The molecule has 0 aliphatic heterocycles. The molecule has 0 saturated carbocycles. The highest BCUT2D eigenvalue weighted by Crippen LogP contribution is 2.26. The van der Waals surface area contributed by atoms with Crippen molar-refractivity contribution in [3.05, 3.63) is 78.2 Å². The third kappa shape index (κ3) is 4.61. The average molecular weight is 362 g/mol. The second kappa shape index (κ2) is 8.80. The normalized spacial score (nSPS) is 10.3. The van der Waals surface area contributed by atoms with Crippen molar-refractivity contribution in [2.24, 2.45) is 0 Å². The van der Waals surface area contributed by atoms with Crippen LogP contribution >= 0.6 is 0 Å². The predicted molar refractivity (Wildman–Crippen MR) is 105 cm³/mol. The summed E-state index contributed by atoms with van der Waals surface area (Å²) >= 11 is 0. The molecule has 1 N–H and O–H groups in total. The highest BCUT2D eigenvalue weighted by Gasteiger charge is 2.17. The first-order valence-electron chi connectivity index (χ1n) is 8.76. The number of methoxy groups -OCH3 is 1. The van der Waals surface area contributed by atoms with Gasteiger partial charge < -0.3 is 15.0 Å². The van der Waals surface area contributed by atoms with Crippen LogP contribution in [0.2, 0.25) is 0 Å². The summed E-state index contributed by atoms with van der Waals surface area (Å²) in [5.74, 6) is 1.10. The molecular weight excluding hydrogens is 340 g/mol. The zero-order valence-electron chi connectivity index (χ0n) is 15.4. The van der Waals surface area contributed by atoms with Crippen molar-refractivity contribution < 1.29 is 9.53 Å². The first kappa shape index (κ1) is 18.4. The van der Waals surface area contributed by atoms with Crippen LogP contribution in [-0.4, -0.2) is 34.4 Å². The number of ether oxygens (including phenoxy) is 1. The summed E-state index contributed by atoms with van der Waals surface area (Å²) < 4.78 is 5.34. The van der Waals surface area contributed by atoms with E-state index in [-0.39, 0.29) is 5.91 Å². The minimum absolute atomic E-state index is 0.133. The SMILES string of the molecule is CCN(Cc1ccccc1)C(=O)c1cc(Nc2ccccc2OC)ncn1. The lowest BCUT2D eigenvalue weighted by atomic mass is 10.2. The number of anilines is 2. The second-order valence-electron chi connectivity index (χ2n) is 5.92. The molecular formula is C21H22N4O2. The molecule has 0 aliphatic rings. The number of hydrogen-bond donors (Lipinski definition) is 1. The van der Waals surface area contributed by atoms with Gasteiger partial charge in [-0.15, -0.1) is 0 Å². The van der Waals surface area contributed by atoms with Crippen molar-refractivity contribution >= 4 is 17.4 Å². The second-order valence-corrected chi connectivity index (χ2v) is 5.92. The zero-order chi connectivity index (χ0) is 19.1. The molecule has 1 aromatic heterocycles. The zero-order valence-corrected chi connectivity index (χ0v) is 15.4. The molecule has 0 spiro atoms. The van der Waals surface area contributed by atoms with E-state index < -0.39 is 0 Å². The molecule has 3 rings (SSSR count). The van der Waals surface area contributed by atoms with Gasteiger partial charge in [-0.2, -0.15) is 0 Å². The molecule has 0 bridgehead atoms. The van der Waals surface area contributed by atoms with Gasteiger partial charge in [0.2, 0.25) is 0 Å². The minimum Gasteiger partial charge on any atom is -0.495 e. The van der Waals surface area contributed by atoms with E-state index in [4.69, 9.17) is 4.74 Å². The molecule has 1 amide bonds.